The second-order valence-electron chi connectivity index (χ2n) is 3.42. The molecule has 1 aromatic heterocycles. The summed E-state index contributed by atoms with van der Waals surface area (Å²) in [7, 11) is 0. The van der Waals surface area contributed by atoms with E-state index in [2.05, 4.69) is 0 Å². The minimum Gasteiger partial charge on any atom is -0.464 e. The van der Waals surface area contributed by atoms with E-state index >= 15 is 0 Å². The molecule has 0 saturated heterocycles. The minimum absolute atomic E-state index is 0.0296. The van der Waals surface area contributed by atoms with Crippen LogP contribution in [0.5, 0.6) is 0 Å². The van der Waals surface area contributed by atoms with Gasteiger partial charge in [0.1, 0.15) is 11.4 Å². The predicted molar refractivity (Wildman–Crippen MR) is 51.7 cm³/mol. The molecule has 74 valence electrons. The van der Waals surface area contributed by atoms with Gasteiger partial charge in [-0.25, -0.2) is 4.39 Å². The summed E-state index contributed by atoms with van der Waals surface area (Å²) in [5.41, 5.74) is 1.50. The van der Waals surface area contributed by atoms with Gasteiger partial charge in [0, 0.05) is 23.5 Å². The van der Waals surface area contributed by atoms with E-state index in [9.17, 15) is 4.39 Å². The topological polar surface area (TPSA) is 33.4 Å². The summed E-state index contributed by atoms with van der Waals surface area (Å²) in [5, 5.41) is 9.74. The Bertz CT molecular complexity index is 447. The van der Waals surface area contributed by atoms with E-state index in [0.717, 1.165) is 10.9 Å². The van der Waals surface area contributed by atoms with Crippen molar-refractivity contribution in [3.63, 3.8) is 0 Å². The average Bonchev–Trinajstić information content (AvgIpc) is 2.59. The number of aliphatic hydroxyl groups excluding tert-OH is 1. The first kappa shape index (κ1) is 9.21. The summed E-state index contributed by atoms with van der Waals surface area (Å²) in [4.78, 5) is 0. The molecule has 2 aromatic rings. The molecule has 2 rings (SSSR count). The van der Waals surface area contributed by atoms with Gasteiger partial charge < -0.3 is 9.52 Å². The molecule has 14 heavy (non-hydrogen) atoms. The molecule has 0 saturated carbocycles. The quantitative estimate of drug-likeness (QED) is 0.797. The van der Waals surface area contributed by atoms with Crippen molar-refractivity contribution < 1.29 is 13.9 Å². The third kappa shape index (κ3) is 1.40. The van der Waals surface area contributed by atoms with Gasteiger partial charge in [-0.15, -0.1) is 0 Å². The van der Waals surface area contributed by atoms with E-state index < -0.39 is 0 Å². The SMILES string of the molecule is CC(CO)c1coc2ccc(F)cc12. The molecular weight excluding hydrogens is 183 g/mol. The summed E-state index contributed by atoms with van der Waals surface area (Å²) >= 11 is 0. The van der Waals surface area contributed by atoms with Crippen LogP contribution in [0.15, 0.2) is 28.9 Å². The standard InChI is InChI=1S/C11H11FO2/c1-7(5-13)10-6-14-11-3-2-8(12)4-9(10)11/h2-4,6-7,13H,5H2,1H3. The van der Waals surface area contributed by atoms with Crippen molar-refractivity contribution in [2.75, 3.05) is 6.61 Å². The summed E-state index contributed by atoms with van der Waals surface area (Å²) in [6, 6.07) is 4.39. The Morgan fingerprint density at radius 1 is 1.50 bits per heavy atom. The molecule has 0 aliphatic heterocycles. The van der Waals surface area contributed by atoms with Gasteiger partial charge in [-0.3, -0.25) is 0 Å². The highest BCUT2D eigenvalue weighted by Crippen LogP contribution is 2.27. The van der Waals surface area contributed by atoms with Crippen LogP contribution in [-0.2, 0) is 0 Å². The molecule has 2 nitrogen and oxygen atoms in total. The maximum atomic E-state index is 13.0. The summed E-state index contributed by atoms with van der Waals surface area (Å²) < 4.78 is 18.2. The Morgan fingerprint density at radius 2 is 2.29 bits per heavy atom. The summed E-state index contributed by atoms with van der Waals surface area (Å²) in [6.45, 7) is 1.90. The molecule has 3 heteroatoms. The number of halogens is 1. The molecule has 1 heterocycles. The third-order valence-electron chi connectivity index (χ3n) is 2.37. The van der Waals surface area contributed by atoms with Crippen molar-refractivity contribution >= 4 is 11.0 Å². The van der Waals surface area contributed by atoms with Crippen LogP contribution in [0.25, 0.3) is 11.0 Å². The Balaban J connectivity index is 2.61. The van der Waals surface area contributed by atoms with Gasteiger partial charge in [0.25, 0.3) is 0 Å². The van der Waals surface area contributed by atoms with Crippen molar-refractivity contribution in [2.24, 2.45) is 0 Å². The normalized spacial score (nSPS) is 13.4. The minimum atomic E-state index is -0.287. The zero-order valence-electron chi connectivity index (χ0n) is 7.83. The number of benzene rings is 1. The fourth-order valence-corrected chi connectivity index (χ4v) is 1.50. The van der Waals surface area contributed by atoms with Crippen LogP contribution in [0.1, 0.15) is 18.4 Å². The maximum absolute atomic E-state index is 13.0. The van der Waals surface area contributed by atoms with E-state index in [1.54, 1.807) is 12.3 Å². The Hall–Kier alpha value is -1.35. The zero-order chi connectivity index (χ0) is 10.1. The molecule has 1 N–H and O–H groups in total. The molecule has 0 aliphatic carbocycles. The number of hydrogen-bond acceptors (Lipinski definition) is 2. The number of rotatable bonds is 2. The number of fused-ring (bicyclic) bond motifs is 1. The Labute approximate surface area is 81.0 Å². The molecule has 0 radical (unpaired) electrons. The van der Waals surface area contributed by atoms with Crippen LogP contribution in [0.3, 0.4) is 0 Å². The van der Waals surface area contributed by atoms with E-state index in [-0.39, 0.29) is 18.3 Å². The lowest BCUT2D eigenvalue weighted by Gasteiger charge is -2.04. The van der Waals surface area contributed by atoms with Crippen LogP contribution < -0.4 is 0 Å². The van der Waals surface area contributed by atoms with Crippen LogP contribution in [0.4, 0.5) is 4.39 Å². The Morgan fingerprint density at radius 3 is 3.00 bits per heavy atom. The van der Waals surface area contributed by atoms with Crippen LogP contribution in [0.2, 0.25) is 0 Å². The molecule has 1 atom stereocenters. The Kier molecular flexibility index (Phi) is 2.25. The molecular formula is C11H11FO2. The summed E-state index contributed by atoms with van der Waals surface area (Å²) in [5.74, 6) is -0.316. The van der Waals surface area contributed by atoms with Gasteiger partial charge >= 0.3 is 0 Å². The highest BCUT2D eigenvalue weighted by atomic mass is 19.1. The highest BCUT2D eigenvalue weighted by Gasteiger charge is 2.12. The van der Waals surface area contributed by atoms with E-state index in [4.69, 9.17) is 9.52 Å². The maximum Gasteiger partial charge on any atom is 0.134 e. The summed E-state index contributed by atoms with van der Waals surface area (Å²) in [6.07, 6.45) is 1.57. The van der Waals surface area contributed by atoms with Gasteiger partial charge in [0.15, 0.2) is 0 Å². The fourth-order valence-electron chi connectivity index (χ4n) is 1.50. The lowest BCUT2D eigenvalue weighted by Crippen LogP contribution is -1.97. The second kappa shape index (κ2) is 3.42. The van der Waals surface area contributed by atoms with Crippen LogP contribution >= 0.6 is 0 Å². The van der Waals surface area contributed by atoms with Gasteiger partial charge in [-0.1, -0.05) is 6.92 Å². The molecule has 0 fully saturated rings. The molecule has 0 amide bonds. The average molecular weight is 194 g/mol. The molecule has 1 unspecified atom stereocenters. The largest absolute Gasteiger partial charge is 0.464 e. The van der Waals surface area contributed by atoms with Crippen molar-refractivity contribution in [3.8, 4) is 0 Å². The van der Waals surface area contributed by atoms with E-state index in [1.807, 2.05) is 6.92 Å². The van der Waals surface area contributed by atoms with E-state index in [1.165, 1.54) is 12.1 Å². The molecule has 0 bridgehead atoms. The second-order valence-corrected chi connectivity index (χ2v) is 3.42. The smallest absolute Gasteiger partial charge is 0.134 e. The van der Waals surface area contributed by atoms with Gasteiger partial charge in [-0.2, -0.15) is 0 Å². The van der Waals surface area contributed by atoms with Crippen molar-refractivity contribution in [1.82, 2.24) is 0 Å². The van der Waals surface area contributed by atoms with Crippen molar-refractivity contribution in [1.29, 1.82) is 0 Å². The monoisotopic (exact) mass is 194 g/mol. The highest BCUT2D eigenvalue weighted by molar-refractivity contribution is 5.81. The van der Waals surface area contributed by atoms with E-state index in [0.29, 0.717) is 5.58 Å². The fraction of sp³-hybridized carbons (Fsp3) is 0.273. The number of aliphatic hydroxyl groups is 1. The lowest BCUT2D eigenvalue weighted by atomic mass is 10.0. The molecule has 0 spiro atoms. The van der Waals surface area contributed by atoms with Crippen molar-refractivity contribution in [2.45, 2.75) is 12.8 Å². The number of hydrogen-bond donors (Lipinski definition) is 1. The number of furan rings is 1. The first-order valence-corrected chi connectivity index (χ1v) is 4.50. The molecule has 1 aromatic carbocycles. The lowest BCUT2D eigenvalue weighted by molar-refractivity contribution is 0.273. The first-order chi connectivity index (χ1) is 6.72. The zero-order valence-corrected chi connectivity index (χ0v) is 7.83. The van der Waals surface area contributed by atoms with Gasteiger partial charge in [0.05, 0.1) is 6.26 Å². The molecule has 0 aliphatic rings. The van der Waals surface area contributed by atoms with Crippen LogP contribution in [0, 0.1) is 5.82 Å². The van der Waals surface area contributed by atoms with Gasteiger partial charge in [-0.05, 0) is 18.2 Å². The van der Waals surface area contributed by atoms with Gasteiger partial charge in [0.2, 0.25) is 0 Å². The third-order valence-corrected chi connectivity index (χ3v) is 2.37. The van der Waals surface area contributed by atoms with Crippen LogP contribution in [-0.4, -0.2) is 11.7 Å². The predicted octanol–water partition coefficient (Wildman–Crippen LogP) is 2.67. The van der Waals surface area contributed by atoms with Crippen molar-refractivity contribution in [3.05, 3.63) is 35.8 Å². The first-order valence-electron chi connectivity index (χ1n) is 4.50.